The Bertz CT molecular complexity index is 682. The molecule has 4 heteroatoms. The molecular formula is C27H46ClNO2. The van der Waals surface area contributed by atoms with Crippen LogP contribution in [-0.4, -0.2) is 9.92 Å². The number of hydrogen-bond acceptors (Lipinski definition) is 2. The molecule has 0 bridgehead atoms. The first-order valence-corrected chi connectivity index (χ1v) is 13.7. The van der Waals surface area contributed by atoms with Gasteiger partial charge in [0, 0.05) is 11.3 Å². The van der Waals surface area contributed by atoms with E-state index < -0.39 is 5.00 Å². The van der Waals surface area contributed by atoms with Gasteiger partial charge in [-0.15, -0.1) is 0 Å². The highest BCUT2D eigenvalue weighted by molar-refractivity contribution is 6.23. The molecule has 31 heavy (non-hydrogen) atoms. The van der Waals surface area contributed by atoms with Gasteiger partial charge in [0.2, 0.25) is 0 Å². The largest absolute Gasteiger partial charge is 0.298 e. The van der Waals surface area contributed by atoms with Gasteiger partial charge < -0.3 is 0 Å². The zero-order chi connectivity index (χ0) is 22.6. The van der Waals surface area contributed by atoms with Crippen LogP contribution in [0.15, 0.2) is 0 Å². The minimum atomic E-state index is -1.24. The van der Waals surface area contributed by atoms with Crippen LogP contribution in [-0.2, 0) is 0 Å². The first-order valence-electron chi connectivity index (χ1n) is 13.4. The molecule has 0 spiro atoms. The van der Waals surface area contributed by atoms with Crippen molar-refractivity contribution in [2.75, 3.05) is 0 Å². The van der Waals surface area contributed by atoms with Crippen molar-refractivity contribution in [1.82, 2.24) is 0 Å². The minimum absolute atomic E-state index is 0.0501. The summed E-state index contributed by atoms with van der Waals surface area (Å²) in [6, 6.07) is 0. The molecule has 0 aliphatic heterocycles. The highest BCUT2D eigenvalue weighted by Gasteiger charge is 2.70. The molecule has 0 aromatic carbocycles. The van der Waals surface area contributed by atoms with Gasteiger partial charge in [-0.3, -0.25) is 10.1 Å². The van der Waals surface area contributed by atoms with E-state index in [4.69, 9.17) is 11.6 Å². The van der Waals surface area contributed by atoms with E-state index in [1.807, 2.05) is 0 Å². The third-order valence-electron chi connectivity index (χ3n) is 11.1. The van der Waals surface area contributed by atoms with Crippen LogP contribution in [0.25, 0.3) is 0 Å². The van der Waals surface area contributed by atoms with Gasteiger partial charge in [0.05, 0.1) is 5.92 Å². The molecule has 4 rings (SSSR count). The molecule has 4 aliphatic carbocycles. The van der Waals surface area contributed by atoms with Crippen molar-refractivity contribution in [3.8, 4) is 0 Å². The Morgan fingerprint density at radius 2 is 1.68 bits per heavy atom. The highest BCUT2D eigenvalue weighted by atomic mass is 35.5. The van der Waals surface area contributed by atoms with Gasteiger partial charge in [-0.2, -0.15) is 0 Å². The molecular weight excluding hydrogens is 406 g/mol. The number of fused-ring (bicyclic) bond motifs is 5. The van der Waals surface area contributed by atoms with Crippen LogP contribution in [0.2, 0.25) is 0 Å². The Hall–Kier alpha value is -0.310. The molecule has 0 saturated heterocycles. The molecule has 4 saturated carbocycles. The van der Waals surface area contributed by atoms with Crippen molar-refractivity contribution in [1.29, 1.82) is 0 Å². The summed E-state index contributed by atoms with van der Waals surface area (Å²) in [5.74, 6) is 3.53. The van der Waals surface area contributed by atoms with Crippen LogP contribution in [0.5, 0.6) is 0 Å². The number of nitro groups is 1. The lowest BCUT2D eigenvalue weighted by atomic mass is 9.43. The van der Waals surface area contributed by atoms with E-state index >= 15 is 0 Å². The molecule has 9 atom stereocenters. The molecule has 0 unspecified atom stereocenters. The molecule has 0 amide bonds. The monoisotopic (exact) mass is 451 g/mol. The summed E-state index contributed by atoms with van der Waals surface area (Å²) in [5, 5.41) is 12.5. The maximum atomic E-state index is 12.5. The summed E-state index contributed by atoms with van der Waals surface area (Å²) < 4.78 is 0. The smallest absolute Gasteiger partial charge is 0.263 e. The lowest BCUT2D eigenvalue weighted by Crippen LogP contribution is -2.63. The topological polar surface area (TPSA) is 43.1 Å². The molecule has 4 fully saturated rings. The Labute approximate surface area is 195 Å². The molecule has 3 nitrogen and oxygen atoms in total. The Balaban J connectivity index is 1.62. The van der Waals surface area contributed by atoms with Crippen molar-refractivity contribution in [2.45, 2.75) is 117 Å². The van der Waals surface area contributed by atoms with Crippen molar-refractivity contribution in [2.24, 2.45) is 52.3 Å². The number of nitrogens with zero attached hydrogens (tertiary/aromatic N) is 1. The van der Waals surface area contributed by atoms with Crippen molar-refractivity contribution >= 4 is 11.6 Å². The zero-order valence-corrected chi connectivity index (χ0v) is 21.4. The first kappa shape index (κ1) is 23.8. The Morgan fingerprint density at radius 1 is 0.968 bits per heavy atom. The number of rotatable bonds is 6. The molecule has 0 N–H and O–H groups in total. The van der Waals surface area contributed by atoms with E-state index in [1.165, 1.54) is 51.4 Å². The SMILES string of the molecule is CC(C)CCC[C@@H](C)[C@@H]1CC[C@@H]2[C@@H]3[C@H](CC[C@]21C)[C@@]1(C)CCCC[C@@H]1C[C@]3(Cl)[N+](=O)[O-]. The fraction of sp³-hybridized carbons (Fsp3) is 1.00. The van der Waals surface area contributed by atoms with Crippen molar-refractivity contribution in [3.05, 3.63) is 10.1 Å². The number of halogens is 1. The average molecular weight is 452 g/mol. The maximum absolute atomic E-state index is 12.5. The van der Waals surface area contributed by atoms with E-state index in [2.05, 4.69) is 34.6 Å². The lowest BCUT2D eigenvalue weighted by Gasteiger charge is -2.62. The first-order chi connectivity index (χ1) is 14.5. The van der Waals surface area contributed by atoms with E-state index in [0.717, 1.165) is 25.2 Å². The van der Waals surface area contributed by atoms with Crippen molar-refractivity contribution < 1.29 is 4.92 Å². The highest BCUT2D eigenvalue weighted by Crippen LogP contribution is 2.71. The van der Waals surface area contributed by atoms with Gasteiger partial charge in [-0.1, -0.05) is 66.7 Å². The summed E-state index contributed by atoms with van der Waals surface area (Å²) in [4.78, 5) is 11.2. The van der Waals surface area contributed by atoms with E-state index in [1.54, 1.807) is 0 Å². The predicted octanol–water partition coefficient (Wildman–Crippen LogP) is 8.32. The van der Waals surface area contributed by atoms with Crippen LogP contribution in [0.1, 0.15) is 112 Å². The summed E-state index contributed by atoms with van der Waals surface area (Å²) in [7, 11) is 0. The maximum Gasteiger partial charge on any atom is 0.298 e. The van der Waals surface area contributed by atoms with Gasteiger partial charge in [-0.25, -0.2) is 0 Å². The Morgan fingerprint density at radius 3 is 2.35 bits per heavy atom. The fourth-order valence-corrected chi connectivity index (χ4v) is 9.94. The third kappa shape index (κ3) is 3.77. The number of hydrogen-bond donors (Lipinski definition) is 0. The van der Waals surface area contributed by atoms with Gasteiger partial charge in [-0.05, 0) is 96.5 Å². The van der Waals surface area contributed by atoms with Crippen LogP contribution in [0, 0.1) is 62.4 Å². The quantitative estimate of drug-likeness (QED) is 0.176. The Kier molecular flexibility index (Phi) is 6.52. The summed E-state index contributed by atoms with van der Waals surface area (Å²) in [6.45, 7) is 12.1. The molecule has 0 heterocycles. The summed E-state index contributed by atoms with van der Waals surface area (Å²) >= 11 is 7.14. The third-order valence-corrected chi connectivity index (χ3v) is 11.7. The van der Waals surface area contributed by atoms with E-state index in [0.29, 0.717) is 36.0 Å². The van der Waals surface area contributed by atoms with Crippen LogP contribution >= 0.6 is 11.6 Å². The second kappa shape index (κ2) is 8.48. The van der Waals surface area contributed by atoms with E-state index in [-0.39, 0.29) is 21.7 Å². The molecule has 178 valence electrons. The second-order valence-electron chi connectivity index (χ2n) is 13.0. The van der Waals surface area contributed by atoms with Crippen LogP contribution in [0.4, 0.5) is 0 Å². The number of alkyl halides is 1. The van der Waals surface area contributed by atoms with Crippen LogP contribution < -0.4 is 0 Å². The average Bonchev–Trinajstić information content (AvgIpc) is 3.05. The standard InChI is InChI=1S/C27H46ClNO2/c1-18(2)9-8-10-19(3)21-12-13-22-24-23(14-16-26(21,22)5)25(4)15-7-6-11-20(25)17-27(24,28)29(30)31/h18-24H,6-17H2,1-5H3/t19-,20-,21+,22-,23+,24-,25+,26+,27+/m1/s1. The molecule has 4 aliphatic rings. The molecule has 0 aromatic heterocycles. The fourth-order valence-electron chi connectivity index (χ4n) is 9.45. The second-order valence-corrected chi connectivity index (χ2v) is 13.7. The van der Waals surface area contributed by atoms with Gasteiger partial charge in [0.1, 0.15) is 0 Å². The summed E-state index contributed by atoms with van der Waals surface area (Å²) in [6.07, 6.45) is 14.2. The molecule has 0 aromatic rings. The van der Waals surface area contributed by atoms with Crippen molar-refractivity contribution in [3.63, 3.8) is 0 Å². The lowest BCUT2D eigenvalue weighted by molar-refractivity contribution is -0.568. The normalized spacial score (nSPS) is 48.0. The summed E-state index contributed by atoms with van der Waals surface area (Å²) in [5.41, 5.74) is 0.492. The predicted molar refractivity (Wildman–Crippen MR) is 129 cm³/mol. The molecule has 0 radical (unpaired) electrons. The van der Waals surface area contributed by atoms with Gasteiger partial charge >= 0.3 is 0 Å². The van der Waals surface area contributed by atoms with E-state index in [9.17, 15) is 10.1 Å². The zero-order valence-electron chi connectivity index (χ0n) is 20.7. The van der Waals surface area contributed by atoms with Gasteiger partial charge in [0.15, 0.2) is 0 Å². The minimum Gasteiger partial charge on any atom is -0.263 e. The van der Waals surface area contributed by atoms with Gasteiger partial charge in [0.25, 0.3) is 5.00 Å². The van der Waals surface area contributed by atoms with Crippen LogP contribution in [0.3, 0.4) is 0 Å².